The summed E-state index contributed by atoms with van der Waals surface area (Å²) < 4.78 is 0. The van der Waals surface area contributed by atoms with Gasteiger partial charge in [-0.15, -0.1) is 0 Å². The van der Waals surface area contributed by atoms with Gasteiger partial charge < -0.3 is 15.7 Å². The quantitative estimate of drug-likeness (QED) is 0.717. The fourth-order valence-corrected chi connectivity index (χ4v) is 1.27. The minimum absolute atomic E-state index is 0.0913. The molecule has 0 fully saturated rings. The summed E-state index contributed by atoms with van der Waals surface area (Å²) in [5.41, 5.74) is 1.05. The Balaban J connectivity index is 2.70. The van der Waals surface area contributed by atoms with Crippen molar-refractivity contribution < 1.29 is 9.90 Å². The van der Waals surface area contributed by atoms with E-state index in [-0.39, 0.29) is 18.2 Å². The highest BCUT2D eigenvalue weighted by atomic mass is 16.3. The van der Waals surface area contributed by atoms with Crippen molar-refractivity contribution in [2.45, 2.75) is 32.9 Å². The summed E-state index contributed by atoms with van der Waals surface area (Å²) in [4.78, 5) is 11.6. The van der Waals surface area contributed by atoms with Crippen LogP contribution in [0.25, 0.3) is 0 Å². The number of carbonyl (C=O) groups excluding carboxylic acids is 1. The topological polar surface area (TPSA) is 61.4 Å². The monoisotopic (exact) mass is 222 g/mol. The van der Waals surface area contributed by atoms with Crippen molar-refractivity contribution in [3.05, 3.63) is 29.8 Å². The number of hydrogen-bond acceptors (Lipinski definition) is 2. The molecule has 0 aliphatic rings. The molecule has 16 heavy (non-hydrogen) atoms. The number of urea groups is 1. The number of rotatable bonds is 2. The van der Waals surface area contributed by atoms with Crippen LogP contribution in [0.2, 0.25) is 0 Å². The van der Waals surface area contributed by atoms with Gasteiger partial charge >= 0.3 is 6.03 Å². The highest BCUT2D eigenvalue weighted by Crippen LogP contribution is 2.14. The zero-order valence-electron chi connectivity index (χ0n) is 9.87. The molecule has 0 spiro atoms. The van der Waals surface area contributed by atoms with Gasteiger partial charge in [-0.05, 0) is 26.8 Å². The van der Waals surface area contributed by atoms with E-state index in [1.165, 1.54) is 0 Å². The van der Waals surface area contributed by atoms with Gasteiger partial charge in [0, 0.05) is 16.8 Å². The van der Waals surface area contributed by atoms with Gasteiger partial charge in [0.15, 0.2) is 0 Å². The van der Waals surface area contributed by atoms with E-state index >= 15 is 0 Å². The van der Waals surface area contributed by atoms with Crippen LogP contribution in [0.1, 0.15) is 26.3 Å². The van der Waals surface area contributed by atoms with Crippen molar-refractivity contribution in [2.24, 2.45) is 0 Å². The van der Waals surface area contributed by atoms with Crippen LogP contribution in [-0.2, 0) is 6.61 Å². The van der Waals surface area contributed by atoms with E-state index in [9.17, 15) is 4.79 Å². The number of para-hydroxylation sites is 1. The molecule has 3 N–H and O–H groups in total. The van der Waals surface area contributed by atoms with Crippen LogP contribution in [0.3, 0.4) is 0 Å². The fourth-order valence-electron chi connectivity index (χ4n) is 1.27. The molecule has 0 atom stereocenters. The average Bonchev–Trinajstić information content (AvgIpc) is 2.15. The van der Waals surface area contributed by atoms with Crippen LogP contribution in [-0.4, -0.2) is 16.7 Å². The molecule has 88 valence electrons. The van der Waals surface area contributed by atoms with Crippen LogP contribution in [0.4, 0.5) is 10.5 Å². The lowest BCUT2D eigenvalue weighted by Crippen LogP contribution is -2.43. The molecule has 0 saturated carbocycles. The molecule has 0 aromatic heterocycles. The highest BCUT2D eigenvalue weighted by molar-refractivity contribution is 5.90. The SMILES string of the molecule is CC(C)(C)NC(=O)Nc1ccccc1CO. The summed E-state index contributed by atoms with van der Waals surface area (Å²) in [5.74, 6) is 0. The van der Waals surface area contributed by atoms with Crippen molar-refractivity contribution >= 4 is 11.7 Å². The molecule has 0 aliphatic carbocycles. The van der Waals surface area contributed by atoms with E-state index in [0.717, 1.165) is 0 Å². The van der Waals surface area contributed by atoms with Gasteiger partial charge in [-0.3, -0.25) is 0 Å². The van der Waals surface area contributed by atoms with Crippen LogP contribution in [0.15, 0.2) is 24.3 Å². The zero-order valence-corrected chi connectivity index (χ0v) is 9.87. The third-order valence-electron chi connectivity index (χ3n) is 1.92. The molecular formula is C12H18N2O2. The van der Waals surface area contributed by atoms with Gasteiger partial charge in [-0.25, -0.2) is 4.79 Å². The third-order valence-corrected chi connectivity index (χ3v) is 1.92. The second-order valence-electron chi connectivity index (χ2n) is 4.64. The molecule has 1 aromatic carbocycles. The molecule has 0 radical (unpaired) electrons. The summed E-state index contributed by atoms with van der Waals surface area (Å²) in [6, 6.07) is 6.89. The lowest BCUT2D eigenvalue weighted by molar-refractivity contribution is 0.243. The largest absolute Gasteiger partial charge is 0.392 e. The van der Waals surface area contributed by atoms with Crippen molar-refractivity contribution in [1.29, 1.82) is 0 Å². The Bertz CT molecular complexity index is 370. The first kappa shape index (κ1) is 12.5. The molecule has 0 saturated heterocycles. The van der Waals surface area contributed by atoms with Crippen LogP contribution in [0.5, 0.6) is 0 Å². The smallest absolute Gasteiger partial charge is 0.319 e. The molecule has 1 aromatic rings. The maximum Gasteiger partial charge on any atom is 0.319 e. The van der Waals surface area contributed by atoms with Crippen molar-refractivity contribution in [1.82, 2.24) is 5.32 Å². The first-order chi connectivity index (χ1) is 7.42. The Hall–Kier alpha value is -1.55. The van der Waals surface area contributed by atoms with E-state index in [4.69, 9.17) is 5.11 Å². The van der Waals surface area contributed by atoms with Crippen LogP contribution < -0.4 is 10.6 Å². The van der Waals surface area contributed by atoms with E-state index in [1.54, 1.807) is 12.1 Å². The van der Waals surface area contributed by atoms with Crippen molar-refractivity contribution in [3.63, 3.8) is 0 Å². The first-order valence-electron chi connectivity index (χ1n) is 5.20. The van der Waals surface area contributed by atoms with Gasteiger partial charge in [0.25, 0.3) is 0 Å². The second-order valence-corrected chi connectivity index (χ2v) is 4.64. The predicted molar refractivity (Wildman–Crippen MR) is 64.3 cm³/mol. The van der Waals surface area contributed by atoms with E-state index in [2.05, 4.69) is 10.6 Å². The maximum absolute atomic E-state index is 11.6. The number of amides is 2. The standard InChI is InChI=1S/C12H18N2O2/c1-12(2,3)14-11(16)13-10-7-5-4-6-9(10)8-15/h4-7,15H,8H2,1-3H3,(H2,13,14,16). The lowest BCUT2D eigenvalue weighted by atomic mass is 10.1. The van der Waals surface area contributed by atoms with Crippen LogP contribution >= 0.6 is 0 Å². The fraction of sp³-hybridized carbons (Fsp3) is 0.417. The summed E-state index contributed by atoms with van der Waals surface area (Å²) in [5, 5.41) is 14.6. The maximum atomic E-state index is 11.6. The Kier molecular flexibility index (Phi) is 3.90. The predicted octanol–water partition coefficient (Wildman–Crippen LogP) is 2.10. The summed E-state index contributed by atoms with van der Waals surface area (Å²) in [7, 11) is 0. The van der Waals surface area contributed by atoms with Crippen molar-refractivity contribution in [2.75, 3.05) is 5.32 Å². The Labute approximate surface area is 95.7 Å². The summed E-state index contributed by atoms with van der Waals surface area (Å²) in [6.07, 6.45) is 0. The number of aliphatic hydroxyl groups excluding tert-OH is 1. The van der Waals surface area contributed by atoms with Gasteiger partial charge in [0.1, 0.15) is 0 Å². The third kappa shape index (κ3) is 3.90. The minimum atomic E-state index is -0.280. The Morgan fingerprint density at radius 3 is 2.50 bits per heavy atom. The Morgan fingerprint density at radius 1 is 1.31 bits per heavy atom. The Morgan fingerprint density at radius 2 is 1.94 bits per heavy atom. The van der Waals surface area contributed by atoms with Gasteiger partial charge in [0.2, 0.25) is 0 Å². The average molecular weight is 222 g/mol. The molecular weight excluding hydrogens is 204 g/mol. The minimum Gasteiger partial charge on any atom is -0.392 e. The van der Waals surface area contributed by atoms with Gasteiger partial charge in [-0.1, -0.05) is 18.2 Å². The molecule has 4 nitrogen and oxygen atoms in total. The zero-order chi connectivity index (χ0) is 12.2. The molecule has 0 heterocycles. The summed E-state index contributed by atoms with van der Waals surface area (Å²) >= 11 is 0. The number of nitrogens with one attached hydrogen (secondary N) is 2. The normalized spacial score (nSPS) is 11.0. The van der Waals surface area contributed by atoms with Crippen LogP contribution in [0, 0.1) is 0 Å². The number of benzene rings is 1. The summed E-state index contributed by atoms with van der Waals surface area (Å²) in [6.45, 7) is 5.63. The molecule has 0 aliphatic heterocycles. The molecule has 2 amide bonds. The van der Waals surface area contributed by atoms with Gasteiger partial charge in [0.05, 0.1) is 6.61 Å². The van der Waals surface area contributed by atoms with E-state index in [0.29, 0.717) is 11.3 Å². The highest BCUT2D eigenvalue weighted by Gasteiger charge is 2.14. The second kappa shape index (κ2) is 4.99. The van der Waals surface area contributed by atoms with E-state index < -0.39 is 0 Å². The van der Waals surface area contributed by atoms with Gasteiger partial charge in [-0.2, -0.15) is 0 Å². The number of anilines is 1. The lowest BCUT2D eigenvalue weighted by Gasteiger charge is -2.21. The van der Waals surface area contributed by atoms with E-state index in [1.807, 2.05) is 32.9 Å². The number of carbonyl (C=O) groups is 1. The number of aliphatic hydroxyl groups is 1. The molecule has 4 heteroatoms. The van der Waals surface area contributed by atoms with Crippen molar-refractivity contribution in [3.8, 4) is 0 Å². The number of hydrogen-bond donors (Lipinski definition) is 3. The molecule has 0 bridgehead atoms. The molecule has 0 unspecified atom stereocenters. The first-order valence-corrected chi connectivity index (χ1v) is 5.20. The molecule has 1 rings (SSSR count).